The third-order valence-corrected chi connectivity index (χ3v) is 4.83. The van der Waals surface area contributed by atoms with Crippen molar-refractivity contribution >= 4 is 46.6 Å². The molecule has 25 heavy (non-hydrogen) atoms. The van der Waals surface area contributed by atoms with Crippen LogP contribution in [-0.2, 0) is 4.79 Å². The number of thioether (sulfide) groups is 1. The number of hydrogen-bond donors (Lipinski definition) is 2. The van der Waals surface area contributed by atoms with Gasteiger partial charge in [0.25, 0.3) is 0 Å². The normalized spacial score (nSPS) is 10.6. The predicted molar refractivity (Wildman–Crippen MR) is 96.6 cm³/mol. The molecule has 2 N–H and O–H groups in total. The molecule has 0 bridgehead atoms. The summed E-state index contributed by atoms with van der Waals surface area (Å²) in [5, 5.41) is 24.5. The number of phenolic OH excluding ortho intramolecular Hbond substituents is 1. The summed E-state index contributed by atoms with van der Waals surface area (Å²) in [7, 11) is 0. The summed E-state index contributed by atoms with van der Waals surface area (Å²) >= 11 is 13.1. The molecule has 1 amide bonds. The van der Waals surface area contributed by atoms with Gasteiger partial charge in [-0.3, -0.25) is 4.79 Å². The smallest absolute Gasteiger partial charge is 0.234 e. The molecule has 7 nitrogen and oxygen atoms in total. The second-order valence-electron chi connectivity index (χ2n) is 4.83. The van der Waals surface area contributed by atoms with Crippen LogP contribution in [0.4, 0.5) is 5.69 Å². The highest BCUT2D eigenvalue weighted by molar-refractivity contribution is 7.99. The maximum atomic E-state index is 12.1. The van der Waals surface area contributed by atoms with Crippen molar-refractivity contribution in [3.8, 4) is 11.4 Å². The van der Waals surface area contributed by atoms with Gasteiger partial charge >= 0.3 is 0 Å². The minimum atomic E-state index is -0.269. The number of aromatic nitrogens is 4. The van der Waals surface area contributed by atoms with Gasteiger partial charge in [-0.15, -0.1) is 5.10 Å². The fraction of sp³-hybridized carbons (Fsp3) is 0.0667. The first-order valence-corrected chi connectivity index (χ1v) is 8.73. The zero-order chi connectivity index (χ0) is 17.8. The summed E-state index contributed by atoms with van der Waals surface area (Å²) in [6.07, 6.45) is 0. The molecule has 0 spiro atoms. The number of hydrogen-bond acceptors (Lipinski definition) is 6. The second kappa shape index (κ2) is 7.73. The molecule has 0 unspecified atom stereocenters. The van der Waals surface area contributed by atoms with Gasteiger partial charge in [-0.05, 0) is 46.8 Å². The molecule has 1 heterocycles. The van der Waals surface area contributed by atoms with E-state index in [1.807, 2.05) is 0 Å². The third-order valence-electron chi connectivity index (χ3n) is 3.09. The van der Waals surface area contributed by atoms with Crippen molar-refractivity contribution in [1.29, 1.82) is 0 Å². The van der Waals surface area contributed by atoms with Crippen LogP contribution in [0.5, 0.6) is 5.75 Å². The Morgan fingerprint density at radius 3 is 2.72 bits per heavy atom. The molecule has 0 aliphatic rings. The van der Waals surface area contributed by atoms with Crippen LogP contribution in [0.3, 0.4) is 0 Å². The van der Waals surface area contributed by atoms with E-state index in [4.69, 9.17) is 23.2 Å². The first kappa shape index (κ1) is 17.5. The molecule has 128 valence electrons. The highest BCUT2D eigenvalue weighted by Crippen LogP contribution is 2.29. The van der Waals surface area contributed by atoms with Gasteiger partial charge in [-0.1, -0.05) is 41.0 Å². The first-order valence-electron chi connectivity index (χ1n) is 6.99. The van der Waals surface area contributed by atoms with Gasteiger partial charge in [0.1, 0.15) is 5.75 Å². The third kappa shape index (κ3) is 4.22. The number of carbonyl (C=O) groups is 1. The van der Waals surface area contributed by atoms with Crippen LogP contribution in [0, 0.1) is 0 Å². The molecule has 10 heteroatoms. The number of tetrazole rings is 1. The van der Waals surface area contributed by atoms with Gasteiger partial charge in [0.15, 0.2) is 0 Å². The number of phenols is 1. The Kier molecular flexibility index (Phi) is 5.42. The standard InChI is InChI=1S/C15H11Cl2N5O2S/c16-11-2-1-3-12(14(11)17)18-13(24)8-25-15-19-20-21-22(15)9-4-6-10(23)7-5-9/h1-7,23H,8H2,(H,18,24). The lowest BCUT2D eigenvalue weighted by atomic mass is 10.3. The van der Waals surface area contributed by atoms with Crippen molar-refractivity contribution in [2.24, 2.45) is 0 Å². The molecule has 0 saturated heterocycles. The average Bonchev–Trinajstić information content (AvgIpc) is 3.06. The molecule has 0 radical (unpaired) electrons. The number of amides is 1. The molecule has 2 aromatic carbocycles. The molecule has 0 aliphatic carbocycles. The molecule has 0 fully saturated rings. The lowest BCUT2D eigenvalue weighted by molar-refractivity contribution is -0.113. The Morgan fingerprint density at radius 2 is 1.96 bits per heavy atom. The quantitative estimate of drug-likeness (QED) is 0.642. The highest BCUT2D eigenvalue weighted by Gasteiger charge is 2.13. The monoisotopic (exact) mass is 395 g/mol. The van der Waals surface area contributed by atoms with Gasteiger partial charge in [0.2, 0.25) is 11.1 Å². The van der Waals surface area contributed by atoms with E-state index in [1.54, 1.807) is 30.3 Å². The van der Waals surface area contributed by atoms with Crippen LogP contribution in [-0.4, -0.2) is 37.0 Å². The molecular weight excluding hydrogens is 385 g/mol. The minimum absolute atomic E-state index is 0.0846. The number of halogens is 2. The minimum Gasteiger partial charge on any atom is -0.508 e. The number of nitrogens with zero attached hydrogens (tertiary/aromatic N) is 4. The summed E-state index contributed by atoms with van der Waals surface area (Å²) in [5.74, 6) is -0.0420. The van der Waals surface area contributed by atoms with Crippen molar-refractivity contribution in [2.45, 2.75) is 5.16 Å². The number of nitrogens with one attached hydrogen (secondary N) is 1. The van der Waals surface area contributed by atoms with Gasteiger partial charge < -0.3 is 10.4 Å². The number of benzene rings is 2. The maximum absolute atomic E-state index is 12.1. The molecule has 1 aromatic heterocycles. The van der Waals surface area contributed by atoms with Gasteiger partial charge in [-0.25, -0.2) is 0 Å². The van der Waals surface area contributed by atoms with E-state index in [0.29, 0.717) is 21.6 Å². The van der Waals surface area contributed by atoms with E-state index in [2.05, 4.69) is 20.8 Å². The van der Waals surface area contributed by atoms with E-state index in [0.717, 1.165) is 0 Å². The second-order valence-corrected chi connectivity index (χ2v) is 6.56. The van der Waals surface area contributed by atoms with Crippen LogP contribution < -0.4 is 5.32 Å². The molecular formula is C15H11Cl2N5O2S. The fourth-order valence-corrected chi connectivity index (χ4v) is 2.98. The Labute approximate surface area is 156 Å². The molecule has 3 aromatic rings. The summed E-state index contributed by atoms with van der Waals surface area (Å²) in [4.78, 5) is 12.1. The van der Waals surface area contributed by atoms with Crippen LogP contribution in [0.25, 0.3) is 5.69 Å². The van der Waals surface area contributed by atoms with Crippen LogP contribution in [0.1, 0.15) is 0 Å². The van der Waals surface area contributed by atoms with Crippen molar-refractivity contribution in [1.82, 2.24) is 20.2 Å². The molecule has 0 aliphatic heterocycles. The summed E-state index contributed by atoms with van der Waals surface area (Å²) < 4.78 is 1.48. The molecule has 0 saturated carbocycles. The van der Waals surface area contributed by atoms with Crippen LogP contribution in [0.2, 0.25) is 10.0 Å². The Morgan fingerprint density at radius 1 is 1.20 bits per heavy atom. The lowest BCUT2D eigenvalue weighted by Gasteiger charge is -2.08. The topological polar surface area (TPSA) is 92.9 Å². The maximum Gasteiger partial charge on any atom is 0.234 e. The summed E-state index contributed by atoms with van der Waals surface area (Å²) in [5.41, 5.74) is 1.11. The van der Waals surface area contributed by atoms with Crippen molar-refractivity contribution in [3.63, 3.8) is 0 Å². The predicted octanol–water partition coefficient (Wildman–Crippen LogP) is 3.41. The first-order chi connectivity index (χ1) is 12.0. The molecule has 0 atom stereocenters. The highest BCUT2D eigenvalue weighted by atomic mass is 35.5. The van der Waals surface area contributed by atoms with E-state index in [-0.39, 0.29) is 22.4 Å². The van der Waals surface area contributed by atoms with Gasteiger partial charge in [-0.2, -0.15) is 4.68 Å². The Hall–Kier alpha value is -2.29. The summed E-state index contributed by atoms with van der Waals surface area (Å²) in [6, 6.07) is 11.4. The Bertz CT molecular complexity index is 901. The van der Waals surface area contributed by atoms with Crippen molar-refractivity contribution in [3.05, 3.63) is 52.5 Å². The van der Waals surface area contributed by atoms with Crippen molar-refractivity contribution < 1.29 is 9.90 Å². The van der Waals surface area contributed by atoms with Crippen molar-refractivity contribution in [2.75, 3.05) is 11.1 Å². The average molecular weight is 396 g/mol. The van der Waals surface area contributed by atoms with Gasteiger partial charge in [0, 0.05) is 0 Å². The van der Waals surface area contributed by atoms with Gasteiger partial charge in [0.05, 0.1) is 27.2 Å². The SMILES string of the molecule is O=C(CSc1nnnn1-c1ccc(O)cc1)Nc1cccc(Cl)c1Cl. The molecule has 3 rings (SSSR count). The number of rotatable bonds is 5. The van der Waals surface area contributed by atoms with E-state index >= 15 is 0 Å². The largest absolute Gasteiger partial charge is 0.508 e. The van der Waals surface area contributed by atoms with E-state index < -0.39 is 0 Å². The lowest BCUT2D eigenvalue weighted by Crippen LogP contribution is -2.15. The van der Waals surface area contributed by atoms with Crippen LogP contribution >= 0.6 is 35.0 Å². The van der Waals surface area contributed by atoms with Crippen LogP contribution in [0.15, 0.2) is 47.6 Å². The number of carbonyl (C=O) groups excluding carboxylic acids is 1. The van der Waals surface area contributed by atoms with E-state index in [9.17, 15) is 9.90 Å². The zero-order valence-corrected chi connectivity index (χ0v) is 14.9. The fourth-order valence-electron chi connectivity index (χ4n) is 1.94. The van der Waals surface area contributed by atoms with E-state index in [1.165, 1.54) is 28.6 Å². The number of anilines is 1. The summed E-state index contributed by atoms with van der Waals surface area (Å²) in [6.45, 7) is 0. The zero-order valence-electron chi connectivity index (χ0n) is 12.6. The number of aromatic hydroxyl groups is 1. The Balaban J connectivity index is 1.66.